The molecule has 0 saturated heterocycles. The molecule has 2 atom stereocenters. The highest BCUT2D eigenvalue weighted by Gasteiger charge is 2.23. The first-order valence-corrected chi connectivity index (χ1v) is 14.2. The average Bonchev–Trinajstić information content (AvgIpc) is 3.51. The molecule has 5 aromatic rings. The molecule has 224 valence electrons. The van der Waals surface area contributed by atoms with Gasteiger partial charge in [-0.25, -0.2) is 22.8 Å². The molecule has 3 aromatic heterocycles. The molecule has 13 heteroatoms. The van der Waals surface area contributed by atoms with Crippen molar-refractivity contribution in [1.29, 1.82) is 0 Å². The predicted octanol–water partition coefficient (Wildman–Crippen LogP) is 6.63. The van der Waals surface area contributed by atoms with E-state index < -0.39 is 29.5 Å². The third kappa shape index (κ3) is 5.85. The second kappa shape index (κ2) is 12.0. The number of benzene rings is 2. The van der Waals surface area contributed by atoms with Crippen LogP contribution in [0.5, 0.6) is 0 Å². The lowest BCUT2D eigenvalue weighted by molar-refractivity contribution is -0.119. The lowest BCUT2D eigenvalue weighted by Gasteiger charge is -2.23. The normalized spacial score (nSPS) is 17.0. The quantitative estimate of drug-likeness (QED) is 0.242. The standard InChI is InChI=1S/C31H25ClF3N7O2/c1-17-3-2-4-28(25-11-18(9-10-36-25)21-13-20(33)6-7-23(21)38-31(17)44)41-16-37-24(14-29(41)43)22-12-19(32)5-8-27(22)42-15-26(30(34)35)39-40-42/h5-17,28,30H,2-4H2,1H3,(H,38,44). The number of alkyl halides is 2. The maximum Gasteiger partial charge on any atom is 0.283 e. The van der Waals surface area contributed by atoms with E-state index in [1.807, 2.05) is 6.92 Å². The molecule has 1 amide bonds. The summed E-state index contributed by atoms with van der Waals surface area (Å²) in [5.41, 5.74) is 2.28. The van der Waals surface area contributed by atoms with Gasteiger partial charge in [0, 0.05) is 40.0 Å². The molecule has 44 heavy (non-hydrogen) atoms. The third-order valence-electron chi connectivity index (χ3n) is 7.62. The van der Waals surface area contributed by atoms with E-state index in [1.165, 1.54) is 39.8 Å². The number of nitrogens with zero attached hydrogens (tertiary/aromatic N) is 6. The van der Waals surface area contributed by atoms with E-state index in [-0.39, 0.29) is 17.5 Å². The molecule has 4 heterocycles. The van der Waals surface area contributed by atoms with Crippen molar-refractivity contribution in [3.05, 3.63) is 106 Å². The summed E-state index contributed by atoms with van der Waals surface area (Å²) in [4.78, 5) is 35.7. The fraction of sp³-hybridized carbons (Fsp3) is 0.226. The number of hydrogen-bond acceptors (Lipinski definition) is 6. The van der Waals surface area contributed by atoms with Gasteiger partial charge in [0.1, 0.15) is 11.5 Å². The van der Waals surface area contributed by atoms with Crippen LogP contribution in [0.2, 0.25) is 5.02 Å². The number of rotatable bonds is 4. The third-order valence-corrected chi connectivity index (χ3v) is 7.86. The summed E-state index contributed by atoms with van der Waals surface area (Å²) in [6.07, 6.45) is 2.92. The molecule has 2 aromatic carbocycles. The summed E-state index contributed by atoms with van der Waals surface area (Å²) in [6.45, 7) is 1.82. The van der Waals surface area contributed by atoms with Crippen LogP contribution < -0.4 is 10.9 Å². The molecule has 6 rings (SSSR count). The molecule has 1 aliphatic rings. The van der Waals surface area contributed by atoms with Crippen LogP contribution in [0.3, 0.4) is 0 Å². The predicted molar refractivity (Wildman–Crippen MR) is 158 cm³/mol. The largest absolute Gasteiger partial charge is 0.325 e. The van der Waals surface area contributed by atoms with Crippen LogP contribution >= 0.6 is 11.6 Å². The average molecular weight is 620 g/mol. The van der Waals surface area contributed by atoms with Gasteiger partial charge in [-0.1, -0.05) is 30.2 Å². The Hall–Kier alpha value is -4.84. The Balaban J connectivity index is 1.43. The second-order valence-corrected chi connectivity index (χ2v) is 11.0. The SMILES string of the molecule is CC1CCCC(n2cnc(-c3cc(Cl)ccc3-n3cc(C(F)F)nn3)cc2=O)c2cc(ccn2)-c2cc(F)ccc2NC1=O. The van der Waals surface area contributed by atoms with E-state index in [0.29, 0.717) is 58.0 Å². The molecule has 0 aliphatic carbocycles. The Morgan fingerprint density at radius 3 is 2.61 bits per heavy atom. The van der Waals surface area contributed by atoms with Gasteiger partial charge in [0.2, 0.25) is 5.91 Å². The van der Waals surface area contributed by atoms with Crippen molar-refractivity contribution in [2.24, 2.45) is 5.92 Å². The summed E-state index contributed by atoms with van der Waals surface area (Å²) in [5, 5.41) is 10.6. The van der Waals surface area contributed by atoms with Gasteiger partial charge >= 0.3 is 0 Å². The van der Waals surface area contributed by atoms with Crippen molar-refractivity contribution in [1.82, 2.24) is 29.5 Å². The first kappa shape index (κ1) is 29.2. The van der Waals surface area contributed by atoms with Crippen LogP contribution in [-0.4, -0.2) is 35.4 Å². The van der Waals surface area contributed by atoms with Crippen LogP contribution in [0.25, 0.3) is 28.1 Å². The zero-order chi connectivity index (χ0) is 31.0. The minimum absolute atomic E-state index is 0.183. The number of fused-ring (bicyclic) bond motifs is 4. The van der Waals surface area contributed by atoms with E-state index in [0.717, 1.165) is 6.20 Å². The highest BCUT2D eigenvalue weighted by molar-refractivity contribution is 6.31. The maximum atomic E-state index is 14.3. The Morgan fingerprint density at radius 2 is 1.84 bits per heavy atom. The number of anilines is 1. The number of amides is 1. The number of hydrogen-bond donors (Lipinski definition) is 1. The summed E-state index contributed by atoms with van der Waals surface area (Å²) in [7, 11) is 0. The molecule has 0 spiro atoms. The van der Waals surface area contributed by atoms with Gasteiger partial charge in [-0.15, -0.1) is 5.10 Å². The maximum absolute atomic E-state index is 14.3. The van der Waals surface area contributed by atoms with E-state index >= 15 is 0 Å². The Labute approximate surface area is 254 Å². The summed E-state index contributed by atoms with van der Waals surface area (Å²) < 4.78 is 43.3. The molecule has 1 N–H and O–H groups in total. The van der Waals surface area contributed by atoms with Gasteiger partial charge < -0.3 is 5.32 Å². The van der Waals surface area contributed by atoms with Gasteiger partial charge in [-0.3, -0.25) is 19.1 Å². The zero-order valence-corrected chi connectivity index (χ0v) is 24.0. The molecule has 9 nitrogen and oxygen atoms in total. The Morgan fingerprint density at radius 1 is 1.00 bits per heavy atom. The van der Waals surface area contributed by atoms with E-state index in [9.17, 15) is 22.8 Å². The van der Waals surface area contributed by atoms with Gasteiger partial charge in [-0.2, -0.15) is 0 Å². The van der Waals surface area contributed by atoms with Crippen molar-refractivity contribution in [2.45, 2.75) is 38.7 Å². The molecule has 0 saturated carbocycles. The number of nitrogens with one attached hydrogen (secondary N) is 1. The number of carbonyl (C=O) groups is 1. The first-order chi connectivity index (χ1) is 21.2. The number of halogens is 4. The Bertz CT molecular complexity index is 1930. The zero-order valence-electron chi connectivity index (χ0n) is 23.3. The monoisotopic (exact) mass is 619 g/mol. The fourth-order valence-electron chi connectivity index (χ4n) is 5.30. The summed E-state index contributed by atoms with van der Waals surface area (Å²) in [5.74, 6) is -0.973. The molecule has 0 radical (unpaired) electrons. The number of aromatic nitrogens is 6. The van der Waals surface area contributed by atoms with Gasteiger partial charge in [0.15, 0.2) is 0 Å². The number of pyridine rings is 1. The van der Waals surface area contributed by atoms with Crippen molar-refractivity contribution in [3.63, 3.8) is 0 Å². The van der Waals surface area contributed by atoms with E-state index in [4.69, 9.17) is 11.6 Å². The summed E-state index contributed by atoms with van der Waals surface area (Å²) in [6, 6.07) is 13.2. The molecular weight excluding hydrogens is 595 g/mol. The highest BCUT2D eigenvalue weighted by atomic mass is 35.5. The topological polar surface area (TPSA) is 108 Å². The van der Waals surface area contributed by atoms with Crippen LogP contribution in [0.4, 0.5) is 18.9 Å². The lowest BCUT2D eigenvalue weighted by Crippen LogP contribution is -2.27. The van der Waals surface area contributed by atoms with Crippen molar-refractivity contribution in [2.75, 3.05) is 5.32 Å². The molecule has 2 unspecified atom stereocenters. The molecule has 0 fully saturated rings. The van der Waals surface area contributed by atoms with Gasteiger partial charge in [0.05, 0.1) is 35.6 Å². The lowest BCUT2D eigenvalue weighted by atomic mass is 9.95. The van der Waals surface area contributed by atoms with Crippen LogP contribution in [0.15, 0.2) is 78.1 Å². The van der Waals surface area contributed by atoms with Gasteiger partial charge in [0.25, 0.3) is 12.0 Å². The Kier molecular flexibility index (Phi) is 8.00. The smallest absolute Gasteiger partial charge is 0.283 e. The fourth-order valence-corrected chi connectivity index (χ4v) is 5.47. The molecule has 2 bridgehead atoms. The van der Waals surface area contributed by atoms with E-state index in [1.54, 1.807) is 36.5 Å². The van der Waals surface area contributed by atoms with Gasteiger partial charge in [-0.05, 0) is 66.9 Å². The first-order valence-electron chi connectivity index (χ1n) is 13.8. The minimum Gasteiger partial charge on any atom is -0.325 e. The molecular formula is C31H25ClF3N7O2. The van der Waals surface area contributed by atoms with Crippen LogP contribution in [0, 0.1) is 11.7 Å². The van der Waals surface area contributed by atoms with E-state index in [2.05, 4.69) is 25.6 Å². The second-order valence-electron chi connectivity index (χ2n) is 10.6. The summed E-state index contributed by atoms with van der Waals surface area (Å²) >= 11 is 6.26. The van der Waals surface area contributed by atoms with Crippen LogP contribution in [-0.2, 0) is 4.79 Å². The van der Waals surface area contributed by atoms with Crippen molar-refractivity contribution < 1.29 is 18.0 Å². The highest BCUT2D eigenvalue weighted by Crippen LogP contribution is 2.34. The number of carbonyl (C=O) groups excluding carboxylic acids is 1. The molecule has 1 aliphatic heterocycles. The van der Waals surface area contributed by atoms with Crippen molar-refractivity contribution in [3.8, 4) is 28.1 Å². The minimum atomic E-state index is -2.80. The van der Waals surface area contributed by atoms with Crippen LogP contribution in [0.1, 0.15) is 50.0 Å². The van der Waals surface area contributed by atoms with Crippen molar-refractivity contribution >= 4 is 23.2 Å².